The van der Waals surface area contributed by atoms with E-state index in [9.17, 15) is 9.59 Å². The Morgan fingerprint density at radius 1 is 1.33 bits per heavy atom. The summed E-state index contributed by atoms with van der Waals surface area (Å²) in [6.45, 7) is 10.9. The SMILES string of the molecule is CCCC(C(=O)NCCN1CCOCC1)N(CC)C(=O)Cc1cc(C)no1. The van der Waals surface area contributed by atoms with Crippen molar-refractivity contribution >= 4 is 11.8 Å². The zero-order valence-electron chi connectivity index (χ0n) is 16.7. The summed E-state index contributed by atoms with van der Waals surface area (Å²) in [5, 5.41) is 6.82. The van der Waals surface area contributed by atoms with E-state index < -0.39 is 6.04 Å². The molecular formula is C19H32N4O4. The van der Waals surface area contributed by atoms with Crippen molar-refractivity contribution in [3.05, 3.63) is 17.5 Å². The molecule has 8 nitrogen and oxygen atoms in total. The molecule has 1 atom stereocenters. The number of hydrogen-bond acceptors (Lipinski definition) is 6. The smallest absolute Gasteiger partial charge is 0.242 e. The lowest BCUT2D eigenvalue weighted by atomic mass is 10.1. The monoisotopic (exact) mass is 380 g/mol. The van der Waals surface area contributed by atoms with Crippen LogP contribution in [0.2, 0.25) is 0 Å². The largest absolute Gasteiger partial charge is 0.379 e. The first-order valence-electron chi connectivity index (χ1n) is 9.84. The molecule has 1 N–H and O–H groups in total. The van der Waals surface area contributed by atoms with Gasteiger partial charge >= 0.3 is 0 Å². The summed E-state index contributed by atoms with van der Waals surface area (Å²) >= 11 is 0. The van der Waals surface area contributed by atoms with Crippen LogP contribution in [0.1, 0.15) is 38.1 Å². The van der Waals surface area contributed by atoms with Crippen LogP contribution in [0.25, 0.3) is 0 Å². The van der Waals surface area contributed by atoms with Crippen LogP contribution < -0.4 is 5.32 Å². The quantitative estimate of drug-likeness (QED) is 0.651. The van der Waals surface area contributed by atoms with E-state index in [4.69, 9.17) is 9.26 Å². The summed E-state index contributed by atoms with van der Waals surface area (Å²) in [4.78, 5) is 29.4. The standard InChI is InChI=1S/C19H32N4O4/c1-4-6-17(19(25)20-7-8-22-9-11-26-12-10-22)23(5-2)18(24)14-16-13-15(3)21-27-16/h13,17H,4-12,14H2,1-3H3,(H,20,25). The fraction of sp³-hybridized carbons (Fsp3) is 0.737. The van der Waals surface area contributed by atoms with Crippen molar-refractivity contribution in [1.29, 1.82) is 0 Å². The highest BCUT2D eigenvalue weighted by molar-refractivity contribution is 5.88. The Kier molecular flexibility index (Phi) is 8.74. The third-order valence-electron chi connectivity index (χ3n) is 4.74. The third-order valence-corrected chi connectivity index (χ3v) is 4.74. The van der Waals surface area contributed by atoms with Crippen molar-refractivity contribution < 1.29 is 18.8 Å². The lowest BCUT2D eigenvalue weighted by Crippen LogP contribution is -2.51. The molecule has 0 spiro atoms. The number of morpholine rings is 1. The van der Waals surface area contributed by atoms with Gasteiger partial charge in [-0.05, 0) is 20.3 Å². The maximum atomic E-state index is 12.8. The summed E-state index contributed by atoms with van der Waals surface area (Å²) in [5.41, 5.74) is 0.742. The van der Waals surface area contributed by atoms with E-state index in [1.54, 1.807) is 11.0 Å². The van der Waals surface area contributed by atoms with Crippen LogP contribution in [0, 0.1) is 6.92 Å². The molecule has 2 heterocycles. The van der Waals surface area contributed by atoms with Gasteiger partial charge in [0.25, 0.3) is 0 Å². The van der Waals surface area contributed by atoms with Gasteiger partial charge in [-0.1, -0.05) is 18.5 Å². The molecule has 1 aromatic rings. The topological polar surface area (TPSA) is 87.9 Å². The van der Waals surface area contributed by atoms with E-state index in [2.05, 4.69) is 15.4 Å². The first-order chi connectivity index (χ1) is 13.0. The Morgan fingerprint density at radius 3 is 2.67 bits per heavy atom. The summed E-state index contributed by atoms with van der Waals surface area (Å²) < 4.78 is 10.5. The summed E-state index contributed by atoms with van der Waals surface area (Å²) in [6.07, 6.45) is 1.58. The zero-order valence-corrected chi connectivity index (χ0v) is 16.7. The Hall–Kier alpha value is -1.93. The molecule has 8 heteroatoms. The van der Waals surface area contributed by atoms with Gasteiger partial charge in [0.05, 0.1) is 25.3 Å². The lowest BCUT2D eigenvalue weighted by molar-refractivity contribution is -0.140. The molecule has 1 aliphatic heterocycles. The lowest BCUT2D eigenvalue weighted by Gasteiger charge is -2.30. The van der Waals surface area contributed by atoms with Crippen LogP contribution in [0.5, 0.6) is 0 Å². The average molecular weight is 380 g/mol. The molecule has 1 saturated heterocycles. The number of carbonyl (C=O) groups is 2. The van der Waals surface area contributed by atoms with Crippen molar-refractivity contribution in [2.24, 2.45) is 0 Å². The maximum Gasteiger partial charge on any atom is 0.242 e. The van der Waals surface area contributed by atoms with Gasteiger partial charge in [0.1, 0.15) is 11.8 Å². The molecule has 0 saturated carbocycles. The Balaban J connectivity index is 1.90. The number of nitrogens with zero attached hydrogens (tertiary/aromatic N) is 3. The Morgan fingerprint density at radius 2 is 2.07 bits per heavy atom. The summed E-state index contributed by atoms with van der Waals surface area (Å²) in [6, 6.07) is 1.30. The number of hydrogen-bond donors (Lipinski definition) is 1. The number of nitrogens with one attached hydrogen (secondary N) is 1. The van der Waals surface area contributed by atoms with Crippen molar-refractivity contribution in [2.75, 3.05) is 45.9 Å². The van der Waals surface area contributed by atoms with Crippen molar-refractivity contribution in [3.8, 4) is 0 Å². The van der Waals surface area contributed by atoms with Crippen molar-refractivity contribution in [3.63, 3.8) is 0 Å². The van der Waals surface area contributed by atoms with Crippen LogP contribution in [-0.4, -0.2) is 78.8 Å². The fourth-order valence-electron chi connectivity index (χ4n) is 3.30. The van der Waals surface area contributed by atoms with E-state index >= 15 is 0 Å². The summed E-state index contributed by atoms with van der Waals surface area (Å²) in [7, 11) is 0. The number of amides is 2. The minimum atomic E-state index is -0.457. The number of aryl methyl sites for hydroxylation is 1. The molecule has 2 rings (SSSR count). The van der Waals surface area contributed by atoms with Crippen molar-refractivity contribution in [2.45, 2.75) is 46.1 Å². The molecule has 0 aromatic carbocycles. The number of rotatable bonds is 10. The molecule has 0 radical (unpaired) electrons. The van der Waals surface area contributed by atoms with E-state index in [-0.39, 0.29) is 18.2 Å². The molecule has 1 aromatic heterocycles. The highest BCUT2D eigenvalue weighted by Gasteiger charge is 2.28. The fourth-order valence-corrected chi connectivity index (χ4v) is 3.30. The highest BCUT2D eigenvalue weighted by atomic mass is 16.5. The molecule has 27 heavy (non-hydrogen) atoms. The predicted molar refractivity (Wildman–Crippen MR) is 101 cm³/mol. The second kappa shape index (κ2) is 11.0. The molecule has 1 aliphatic rings. The van der Waals surface area contributed by atoms with Gasteiger partial charge < -0.3 is 19.5 Å². The Bertz CT molecular complexity index is 598. The number of aromatic nitrogens is 1. The minimum absolute atomic E-state index is 0.0888. The Labute approximate surface area is 161 Å². The van der Waals surface area contributed by atoms with Gasteiger partial charge in [-0.15, -0.1) is 0 Å². The van der Waals surface area contributed by atoms with Gasteiger partial charge in [-0.2, -0.15) is 0 Å². The second-order valence-corrected chi connectivity index (χ2v) is 6.84. The number of carbonyl (C=O) groups excluding carboxylic acids is 2. The average Bonchev–Trinajstić information content (AvgIpc) is 3.07. The first-order valence-corrected chi connectivity index (χ1v) is 9.84. The van der Waals surface area contributed by atoms with Gasteiger partial charge in [0, 0.05) is 38.8 Å². The molecular weight excluding hydrogens is 348 g/mol. The normalized spacial score (nSPS) is 16.1. The van der Waals surface area contributed by atoms with E-state index in [0.717, 1.165) is 45.0 Å². The maximum absolute atomic E-state index is 12.8. The number of likely N-dealkylation sites (N-methyl/N-ethyl adjacent to an activating group) is 1. The first kappa shape index (κ1) is 21.4. The van der Waals surface area contributed by atoms with Gasteiger partial charge in [-0.25, -0.2) is 0 Å². The van der Waals surface area contributed by atoms with E-state index in [0.29, 0.717) is 25.3 Å². The van der Waals surface area contributed by atoms with Crippen molar-refractivity contribution in [1.82, 2.24) is 20.3 Å². The highest BCUT2D eigenvalue weighted by Crippen LogP contribution is 2.12. The zero-order chi connectivity index (χ0) is 19.6. The molecule has 2 amide bonds. The van der Waals surface area contributed by atoms with Crippen LogP contribution in [0.3, 0.4) is 0 Å². The van der Waals surface area contributed by atoms with Crippen LogP contribution in [0.15, 0.2) is 10.6 Å². The molecule has 152 valence electrons. The predicted octanol–water partition coefficient (Wildman–Crippen LogP) is 0.991. The second-order valence-electron chi connectivity index (χ2n) is 6.84. The van der Waals surface area contributed by atoms with Gasteiger partial charge in [0.15, 0.2) is 0 Å². The number of ether oxygens (including phenoxy) is 1. The minimum Gasteiger partial charge on any atom is -0.379 e. The van der Waals surface area contributed by atoms with Gasteiger partial charge in [0.2, 0.25) is 11.8 Å². The van der Waals surface area contributed by atoms with Crippen LogP contribution in [-0.2, 0) is 20.7 Å². The molecule has 1 fully saturated rings. The van der Waals surface area contributed by atoms with Gasteiger partial charge in [-0.3, -0.25) is 14.5 Å². The van der Waals surface area contributed by atoms with E-state index in [1.165, 1.54) is 0 Å². The molecule has 0 aliphatic carbocycles. The van der Waals surface area contributed by atoms with E-state index in [1.807, 2.05) is 20.8 Å². The summed E-state index contributed by atoms with van der Waals surface area (Å²) in [5.74, 6) is 0.323. The third kappa shape index (κ3) is 6.62. The molecule has 0 bridgehead atoms. The van der Waals surface area contributed by atoms with Crippen LogP contribution >= 0.6 is 0 Å². The van der Waals surface area contributed by atoms with Crippen LogP contribution in [0.4, 0.5) is 0 Å². The molecule has 1 unspecified atom stereocenters.